The Kier molecular flexibility index (Phi) is 8.34. The van der Waals surface area contributed by atoms with E-state index in [4.69, 9.17) is 4.74 Å². The number of nitrogens with one attached hydrogen (secondary N) is 2. The van der Waals surface area contributed by atoms with Crippen molar-refractivity contribution in [1.29, 1.82) is 0 Å². The molecule has 6 heteroatoms. The van der Waals surface area contributed by atoms with Crippen LogP contribution in [0.2, 0.25) is 0 Å². The van der Waals surface area contributed by atoms with Crippen LogP contribution in [0.5, 0.6) is 5.75 Å². The van der Waals surface area contributed by atoms with Crippen molar-refractivity contribution in [3.05, 3.63) is 65.7 Å². The first kappa shape index (κ1) is 21.1. The first-order valence-corrected chi connectivity index (χ1v) is 10.4. The first-order chi connectivity index (χ1) is 14.2. The molecule has 0 spiro atoms. The van der Waals surface area contributed by atoms with Gasteiger partial charge in [-0.3, -0.25) is 4.90 Å². The lowest BCUT2D eigenvalue weighted by Gasteiger charge is -2.34. The topological polar surface area (TPSA) is 56.8 Å². The second-order valence-electron chi connectivity index (χ2n) is 7.42. The van der Waals surface area contributed by atoms with E-state index in [2.05, 4.69) is 50.8 Å². The molecular formula is C23H32N4O2. The Bertz CT molecular complexity index is 746. The fraction of sp³-hybridized carbons (Fsp3) is 0.435. The van der Waals surface area contributed by atoms with Gasteiger partial charge in [0.05, 0.1) is 7.11 Å². The van der Waals surface area contributed by atoms with E-state index >= 15 is 0 Å². The summed E-state index contributed by atoms with van der Waals surface area (Å²) in [5.74, 6) is 0.800. The predicted octanol–water partition coefficient (Wildman–Crippen LogP) is 2.70. The summed E-state index contributed by atoms with van der Waals surface area (Å²) in [6.07, 6.45) is 0.964. The van der Waals surface area contributed by atoms with Crippen LogP contribution < -0.4 is 15.4 Å². The Balaban J connectivity index is 1.25. The van der Waals surface area contributed by atoms with E-state index < -0.39 is 0 Å². The van der Waals surface area contributed by atoms with E-state index in [1.165, 1.54) is 5.56 Å². The number of benzene rings is 2. The standard InChI is InChI=1S/C23H32N4O2/c1-29-22-10-5-9-21(17-22)18-25-23(28)24-11-6-12-26-13-15-27(16-14-26)19-20-7-3-2-4-8-20/h2-5,7-10,17H,6,11-16,18-19H2,1H3,(H2,24,25,28). The fourth-order valence-corrected chi connectivity index (χ4v) is 3.54. The maximum atomic E-state index is 12.0. The van der Waals surface area contributed by atoms with Crippen LogP contribution in [0.15, 0.2) is 54.6 Å². The molecule has 2 N–H and O–H groups in total. The number of urea groups is 1. The zero-order chi connectivity index (χ0) is 20.3. The molecule has 1 aliphatic heterocycles. The number of carbonyl (C=O) groups excluding carboxylic acids is 1. The molecule has 0 bridgehead atoms. The van der Waals surface area contributed by atoms with Crippen LogP contribution in [0.3, 0.4) is 0 Å². The minimum absolute atomic E-state index is 0.125. The normalized spacial score (nSPS) is 15.1. The quantitative estimate of drug-likeness (QED) is 0.640. The fourth-order valence-electron chi connectivity index (χ4n) is 3.54. The number of rotatable bonds is 9. The third-order valence-corrected chi connectivity index (χ3v) is 5.24. The van der Waals surface area contributed by atoms with E-state index in [1.807, 2.05) is 24.3 Å². The second-order valence-corrected chi connectivity index (χ2v) is 7.42. The summed E-state index contributed by atoms with van der Waals surface area (Å²) in [4.78, 5) is 17.0. The van der Waals surface area contributed by atoms with Gasteiger partial charge in [0.25, 0.3) is 0 Å². The van der Waals surface area contributed by atoms with Crippen molar-refractivity contribution in [3.63, 3.8) is 0 Å². The Morgan fingerprint density at radius 3 is 2.41 bits per heavy atom. The largest absolute Gasteiger partial charge is 0.497 e. The number of piperazine rings is 1. The molecule has 1 saturated heterocycles. The number of ether oxygens (including phenoxy) is 1. The summed E-state index contributed by atoms with van der Waals surface area (Å²) in [5.41, 5.74) is 2.40. The van der Waals surface area contributed by atoms with Crippen molar-refractivity contribution in [3.8, 4) is 5.75 Å². The Morgan fingerprint density at radius 2 is 1.66 bits per heavy atom. The number of amides is 2. The number of methoxy groups -OCH3 is 1. The van der Waals surface area contributed by atoms with Crippen molar-refractivity contribution in [1.82, 2.24) is 20.4 Å². The van der Waals surface area contributed by atoms with Gasteiger partial charge >= 0.3 is 6.03 Å². The maximum Gasteiger partial charge on any atom is 0.315 e. The van der Waals surface area contributed by atoms with Gasteiger partial charge in [-0.1, -0.05) is 42.5 Å². The molecule has 2 aromatic carbocycles. The summed E-state index contributed by atoms with van der Waals surface area (Å²) in [7, 11) is 1.64. The minimum Gasteiger partial charge on any atom is -0.497 e. The van der Waals surface area contributed by atoms with Gasteiger partial charge in [0.2, 0.25) is 0 Å². The molecule has 1 heterocycles. The monoisotopic (exact) mass is 396 g/mol. The van der Waals surface area contributed by atoms with E-state index in [-0.39, 0.29) is 6.03 Å². The van der Waals surface area contributed by atoms with Gasteiger partial charge in [0.1, 0.15) is 5.75 Å². The Hall–Kier alpha value is -2.57. The van der Waals surface area contributed by atoms with Gasteiger partial charge in [0, 0.05) is 45.8 Å². The van der Waals surface area contributed by atoms with Gasteiger partial charge in [-0.05, 0) is 36.2 Å². The van der Waals surface area contributed by atoms with Crippen LogP contribution in [0.1, 0.15) is 17.5 Å². The van der Waals surface area contributed by atoms with Crippen molar-refractivity contribution in [2.24, 2.45) is 0 Å². The van der Waals surface area contributed by atoms with Crippen molar-refractivity contribution in [2.45, 2.75) is 19.5 Å². The minimum atomic E-state index is -0.125. The molecule has 0 saturated carbocycles. The highest BCUT2D eigenvalue weighted by atomic mass is 16.5. The van der Waals surface area contributed by atoms with Gasteiger partial charge in [-0.15, -0.1) is 0 Å². The number of nitrogens with zero attached hydrogens (tertiary/aromatic N) is 2. The third-order valence-electron chi connectivity index (χ3n) is 5.24. The van der Waals surface area contributed by atoms with Crippen LogP contribution in [-0.2, 0) is 13.1 Å². The molecular weight excluding hydrogens is 364 g/mol. The smallest absolute Gasteiger partial charge is 0.315 e. The molecule has 3 rings (SSSR count). The molecule has 2 aromatic rings. The zero-order valence-corrected chi connectivity index (χ0v) is 17.3. The van der Waals surface area contributed by atoms with Gasteiger partial charge in [-0.2, -0.15) is 0 Å². The Labute approximate surface area is 173 Å². The molecule has 0 atom stereocenters. The van der Waals surface area contributed by atoms with Gasteiger partial charge in [-0.25, -0.2) is 4.79 Å². The summed E-state index contributed by atoms with van der Waals surface area (Å²) in [6, 6.07) is 18.2. The average molecular weight is 397 g/mol. The molecule has 6 nitrogen and oxygen atoms in total. The molecule has 29 heavy (non-hydrogen) atoms. The lowest BCUT2D eigenvalue weighted by Crippen LogP contribution is -2.46. The maximum absolute atomic E-state index is 12.0. The average Bonchev–Trinajstić information content (AvgIpc) is 2.77. The molecule has 156 valence electrons. The highest BCUT2D eigenvalue weighted by Crippen LogP contribution is 2.12. The van der Waals surface area contributed by atoms with Crippen LogP contribution >= 0.6 is 0 Å². The van der Waals surface area contributed by atoms with Crippen LogP contribution in [0.4, 0.5) is 4.79 Å². The van der Waals surface area contributed by atoms with E-state index in [0.29, 0.717) is 13.1 Å². The molecule has 0 aromatic heterocycles. The molecule has 0 unspecified atom stereocenters. The van der Waals surface area contributed by atoms with Gasteiger partial charge < -0.3 is 20.3 Å². The molecule has 1 aliphatic rings. The summed E-state index contributed by atoms with van der Waals surface area (Å²) >= 11 is 0. The van der Waals surface area contributed by atoms with E-state index in [9.17, 15) is 4.79 Å². The van der Waals surface area contributed by atoms with Crippen LogP contribution in [0.25, 0.3) is 0 Å². The zero-order valence-electron chi connectivity index (χ0n) is 17.3. The van der Waals surface area contributed by atoms with Crippen molar-refractivity contribution < 1.29 is 9.53 Å². The van der Waals surface area contributed by atoms with Crippen molar-refractivity contribution in [2.75, 3.05) is 46.4 Å². The van der Waals surface area contributed by atoms with Crippen LogP contribution in [0, 0.1) is 0 Å². The highest BCUT2D eigenvalue weighted by molar-refractivity contribution is 5.73. The summed E-state index contributed by atoms with van der Waals surface area (Å²) in [5, 5.41) is 5.84. The number of carbonyl (C=O) groups is 1. The highest BCUT2D eigenvalue weighted by Gasteiger charge is 2.16. The SMILES string of the molecule is COc1cccc(CNC(=O)NCCCN2CCN(Cc3ccccc3)CC2)c1. The van der Waals surface area contributed by atoms with E-state index in [0.717, 1.165) is 57.0 Å². The molecule has 2 amide bonds. The lowest BCUT2D eigenvalue weighted by atomic mass is 10.2. The Morgan fingerprint density at radius 1 is 0.931 bits per heavy atom. The molecule has 0 radical (unpaired) electrons. The molecule has 1 fully saturated rings. The second kappa shape index (κ2) is 11.4. The molecule has 0 aliphatic carbocycles. The summed E-state index contributed by atoms with van der Waals surface area (Å²) in [6.45, 7) is 7.62. The van der Waals surface area contributed by atoms with E-state index in [1.54, 1.807) is 7.11 Å². The van der Waals surface area contributed by atoms with Crippen molar-refractivity contribution >= 4 is 6.03 Å². The summed E-state index contributed by atoms with van der Waals surface area (Å²) < 4.78 is 5.20. The third kappa shape index (κ3) is 7.40. The number of hydrogen-bond donors (Lipinski definition) is 2. The van der Waals surface area contributed by atoms with Crippen LogP contribution in [-0.4, -0.2) is 62.2 Å². The first-order valence-electron chi connectivity index (χ1n) is 10.4. The lowest BCUT2D eigenvalue weighted by molar-refractivity contribution is 0.126. The van der Waals surface area contributed by atoms with Gasteiger partial charge in [0.15, 0.2) is 0 Å². The number of hydrogen-bond acceptors (Lipinski definition) is 4. The predicted molar refractivity (Wildman–Crippen MR) is 116 cm³/mol.